The zero-order valence-electron chi connectivity index (χ0n) is 9.06. The number of carboxylic acids is 1. The van der Waals surface area contributed by atoms with E-state index in [1.165, 1.54) is 9.75 Å². The highest BCUT2D eigenvalue weighted by Gasteiger charge is 2.43. The number of thiophene rings is 1. The van der Waals surface area contributed by atoms with Gasteiger partial charge >= 0.3 is 5.97 Å². The second-order valence-corrected chi connectivity index (χ2v) is 5.85. The van der Waals surface area contributed by atoms with Crippen LogP contribution in [0.5, 0.6) is 0 Å². The minimum Gasteiger partial charge on any atom is -0.481 e. The molecule has 0 aromatic carbocycles. The van der Waals surface area contributed by atoms with Gasteiger partial charge in [-0.05, 0) is 43.7 Å². The van der Waals surface area contributed by atoms with E-state index in [0.29, 0.717) is 11.8 Å². The van der Waals surface area contributed by atoms with E-state index in [9.17, 15) is 4.79 Å². The smallest absolute Gasteiger partial charge is 0.306 e. The summed E-state index contributed by atoms with van der Waals surface area (Å²) in [6.45, 7) is 4.31. The molecule has 3 atom stereocenters. The molecule has 1 heterocycles. The first kappa shape index (κ1) is 10.7. The number of hydrogen-bond acceptors (Lipinski definition) is 2. The van der Waals surface area contributed by atoms with Crippen molar-refractivity contribution in [2.45, 2.75) is 32.6 Å². The van der Waals surface area contributed by atoms with Gasteiger partial charge in [-0.25, -0.2) is 0 Å². The van der Waals surface area contributed by atoms with Crippen LogP contribution in [-0.2, 0) is 4.79 Å². The van der Waals surface area contributed by atoms with Gasteiger partial charge in [-0.3, -0.25) is 4.79 Å². The van der Waals surface area contributed by atoms with Crippen molar-refractivity contribution in [3.8, 4) is 0 Å². The maximum atomic E-state index is 10.7. The first-order valence-electron chi connectivity index (χ1n) is 5.37. The first-order valence-corrected chi connectivity index (χ1v) is 6.18. The molecular weight excluding hydrogens is 208 g/mol. The van der Waals surface area contributed by atoms with Gasteiger partial charge in [0, 0.05) is 9.75 Å². The van der Waals surface area contributed by atoms with E-state index in [-0.39, 0.29) is 5.92 Å². The lowest BCUT2D eigenvalue weighted by Gasteiger charge is -2.07. The van der Waals surface area contributed by atoms with E-state index >= 15 is 0 Å². The molecule has 1 aromatic rings. The van der Waals surface area contributed by atoms with Crippen LogP contribution in [0, 0.1) is 18.8 Å². The molecule has 0 spiro atoms. The molecule has 0 aliphatic heterocycles. The molecule has 0 amide bonds. The van der Waals surface area contributed by atoms with E-state index in [0.717, 1.165) is 12.8 Å². The van der Waals surface area contributed by atoms with E-state index < -0.39 is 5.97 Å². The van der Waals surface area contributed by atoms with Crippen LogP contribution < -0.4 is 0 Å². The minimum atomic E-state index is -0.616. The zero-order valence-corrected chi connectivity index (χ0v) is 9.88. The van der Waals surface area contributed by atoms with Crippen molar-refractivity contribution >= 4 is 17.3 Å². The van der Waals surface area contributed by atoms with Crippen molar-refractivity contribution in [3.05, 3.63) is 21.9 Å². The summed E-state index contributed by atoms with van der Waals surface area (Å²) < 4.78 is 0. The van der Waals surface area contributed by atoms with Crippen molar-refractivity contribution in [2.75, 3.05) is 0 Å². The van der Waals surface area contributed by atoms with Crippen molar-refractivity contribution < 1.29 is 9.90 Å². The molecule has 2 rings (SSSR count). The number of rotatable bonds is 4. The third-order valence-corrected chi connectivity index (χ3v) is 4.38. The molecule has 2 nitrogen and oxygen atoms in total. The van der Waals surface area contributed by atoms with Crippen LogP contribution in [-0.4, -0.2) is 11.1 Å². The van der Waals surface area contributed by atoms with Crippen LogP contribution >= 0.6 is 11.3 Å². The van der Waals surface area contributed by atoms with Gasteiger partial charge in [0.1, 0.15) is 0 Å². The fraction of sp³-hybridized carbons (Fsp3) is 0.583. The predicted octanol–water partition coefficient (Wildman–Crippen LogP) is 3.27. The molecular formula is C12H16O2S. The van der Waals surface area contributed by atoms with Crippen LogP contribution in [0.2, 0.25) is 0 Å². The third kappa shape index (κ3) is 2.40. The summed E-state index contributed by atoms with van der Waals surface area (Å²) in [5.74, 6) is 0.251. The molecule has 1 fully saturated rings. The monoisotopic (exact) mass is 224 g/mol. The summed E-state index contributed by atoms with van der Waals surface area (Å²) in [7, 11) is 0. The lowest BCUT2D eigenvalue weighted by Crippen LogP contribution is -2.01. The van der Waals surface area contributed by atoms with Gasteiger partial charge in [0.2, 0.25) is 0 Å². The second-order valence-electron chi connectivity index (χ2n) is 4.53. The summed E-state index contributed by atoms with van der Waals surface area (Å²) in [4.78, 5) is 13.4. The van der Waals surface area contributed by atoms with E-state index in [2.05, 4.69) is 26.0 Å². The molecule has 0 saturated heterocycles. The van der Waals surface area contributed by atoms with Gasteiger partial charge in [0.25, 0.3) is 0 Å². The summed E-state index contributed by atoms with van der Waals surface area (Å²) in [5, 5.41) is 8.81. The molecule has 3 heteroatoms. The normalized spacial score (nSPS) is 26.3. The fourth-order valence-corrected chi connectivity index (χ4v) is 3.04. The number of aryl methyl sites for hydroxylation is 1. The van der Waals surface area contributed by atoms with Crippen LogP contribution in [0.1, 0.15) is 35.4 Å². The van der Waals surface area contributed by atoms with Gasteiger partial charge < -0.3 is 5.11 Å². The highest BCUT2D eigenvalue weighted by atomic mass is 32.1. The second kappa shape index (κ2) is 3.97. The van der Waals surface area contributed by atoms with Gasteiger partial charge in [0.15, 0.2) is 0 Å². The Morgan fingerprint density at radius 3 is 2.87 bits per heavy atom. The molecule has 1 N–H and O–H groups in total. The van der Waals surface area contributed by atoms with Crippen LogP contribution in [0.25, 0.3) is 0 Å². The quantitative estimate of drug-likeness (QED) is 0.852. The molecule has 0 bridgehead atoms. The maximum absolute atomic E-state index is 10.7. The largest absolute Gasteiger partial charge is 0.481 e. The SMILES string of the molecule is Cc1ccc(C(C)CC2CC2C(=O)O)s1. The van der Waals surface area contributed by atoms with Crippen LogP contribution in [0.4, 0.5) is 0 Å². The van der Waals surface area contributed by atoms with Crippen molar-refractivity contribution in [3.63, 3.8) is 0 Å². The Hall–Kier alpha value is -0.830. The van der Waals surface area contributed by atoms with Gasteiger partial charge in [-0.1, -0.05) is 6.92 Å². The Bertz CT molecular complexity index is 369. The molecule has 1 aromatic heterocycles. The van der Waals surface area contributed by atoms with E-state index in [1.807, 2.05) is 11.3 Å². The summed E-state index contributed by atoms with van der Waals surface area (Å²) >= 11 is 1.83. The average molecular weight is 224 g/mol. The van der Waals surface area contributed by atoms with Gasteiger partial charge in [-0.2, -0.15) is 0 Å². The summed E-state index contributed by atoms with van der Waals surface area (Å²) in [5.41, 5.74) is 0. The molecule has 3 unspecified atom stereocenters. The topological polar surface area (TPSA) is 37.3 Å². The molecule has 82 valence electrons. The van der Waals surface area contributed by atoms with Gasteiger partial charge in [-0.15, -0.1) is 11.3 Å². The summed E-state index contributed by atoms with van der Waals surface area (Å²) in [6, 6.07) is 4.31. The predicted molar refractivity (Wildman–Crippen MR) is 61.3 cm³/mol. The molecule has 1 saturated carbocycles. The molecule has 1 aliphatic carbocycles. The zero-order chi connectivity index (χ0) is 11.0. The maximum Gasteiger partial charge on any atom is 0.306 e. The van der Waals surface area contributed by atoms with Crippen molar-refractivity contribution in [1.82, 2.24) is 0 Å². The molecule has 15 heavy (non-hydrogen) atoms. The van der Waals surface area contributed by atoms with E-state index in [1.54, 1.807) is 0 Å². The Balaban J connectivity index is 1.89. The van der Waals surface area contributed by atoms with E-state index in [4.69, 9.17) is 5.11 Å². The standard InChI is InChI=1S/C12H16O2S/c1-7(11-4-3-8(2)15-11)5-9-6-10(9)12(13)14/h3-4,7,9-10H,5-6H2,1-2H3,(H,13,14). The highest BCUT2D eigenvalue weighted by Crippen LogP contribution is 2.45. The Kier molecular flexibility index (Phi) is 2.83. The number of aliphatic carboxylic acids is 1. The van der Waals surface area contributed by atoms with Crippen molar-refractivity contribution in [2.24, 2.45) is 11.8 Å². The van der Waals surface area contributed by atoms with Gasteiger partial charge in [0.05, 0.1) is 5.92 Å². The van der Waals surface area contributed by atoms with Crippen molar-refractivity contribution in [1.29, 1.82) is 0 Å². The fourth-order valence-electron chi connectivity index (χ4n) is 2.10. The number of carboxylic acid groups (broad SMARTS) is 1. The summed E-state index contributed by atoms with van der Waals surface area (Å²) in [6.07, 6.45) is 1.90. The first-order chi connectivity index (χ1) is 7.08. The van der Waals surface area contributed by atoms with Crippen LogP contribution in [0.3, 0.4) is 0 Å². The Morgan fingerprint density at radius 2 is 2.40 bits per heavy atom. The third-order valence-electron chi connectivity index (χ3n) is 3.14. The lowest BCUT2D eigenvalue weighted by molar-refractivity contribution is -0.138. The van der Waals surface area contributed by atoms with Crippen LogP contribution in [0.15, 0.2) is 12.1 Å². The highest BCUT2D eigenvalue weighted by molar-refractivity contribution is 7.12. The Morgan fingerprint density at radius 1 is 1.67 bits per heavy atom. The lowest BCUT2D eigenvalue weighted by atomic mass is 10.0. The number of hydrogen-bond donors (Lipinski definition) is 1. The average Bonchev–Trinajstić information content (AvgIpc) is 2.79. The number of carbonyl (C=O) groups is 1. The molecule has 0 radical (unpaired) electrons. The molecule has 1 aliphatic rings. The Labute approximate surface area is 93.9 Å². The minimum absolute atomic E-state index is 0.0616.